The Morgan fingerprint density at radius 2 is 2.19 bits per heavy atom. The number of rotatable bonds is 4. The highest BCUT2D eigenvalue weighted by molar-refractivity contribution is 9.09. The molecule has 0 aromatic carbocycles. The van der Waals surface area contributed by atoms with E-state index in [1.165, 1.54) is 12.3 Å². The Kier molecular flexibility index (Phi) is 4.22. The van der Waals surface area contributed by atoms with Gasteiger partial charge < -0.3 is 21.1 Å². The average Bonchev–Trinajstić information content (AvgIpc) is 2.26. The molecular weight excluding hydrogens is 280 g/mol. The van der Waals surface area contributed by atoms with Gasteiger partial charge in [0.15, 0.2) is 5.69 Å². The molecule has 1 aromatic rings. The van der Waals surface area contributed by atoms with Crippen LogP contribution in [-0.2, 0) is 0 Å². The lowest BCUT2D eigenvalue weighted by atomic mass is 10.1. The number of aromatic nitrogens is 1. The molecule has 0 aliphatic carbocycles. The van der Waals surface area contributed by atoms with E-state index in [-0.39, 0.29) is 22.3 Å². The lowest BCUT2D eigenvalue weighted by Gasteiger charge is -2.16. The third-order valence-corrected chi connectivity index (χ3v) is 2.67. The van der Waals surface area contributed by atoms with Crippen LogP contribution in [0.5, 0.6) is 0 Å². The Bertz CT molecular complexity index is 399. The van der Waals surface area contributed by atoms with Crippen LogP contribution in [0.25, 0.3) is 0 Å². The maximum Gasteiger partial charge on any atom is 0.356 e. The average molecular weight is 291 g/mol. The van der Waals surface area contributed by atoms with Gasteiger partial charge in [-0.25, -0.2) is 9.78 Å². The number of aromatic carboxylic acids is 1. The number of nitrogens with zero attached hydrogens (tertiary/aromatic N) is 1. The number of aliphatic hydroxyl groups excluding tert-OH is 2. The molecule has 2 unspecified atom stereocenters. The highest BCUT2D eigenvalue weighted by atomic mass is 79.9. The molecule has 88 valence electrons. The van der Waals surface area contributed by atoms with Crippen LogP contribution in [0, 0.1) is 0 Å². The van der Waals surface area contributed by atoms with Gasteiger partial charge in [-0.15, -0.1) is 0 Å². The van der Waals surface area contributed by atoms with Crippen molar-refractivity contribution in [2.45, 2.75) is 12.2 Å². The predicted octanol–water partition coefficient (Wildman–Crippen LogP) is 0.151. The van der Waals surface area contributed by atoms with Crippen molar-refractivity contribution in [1.82, 2.24) is 4.98 Å². The van der Waals surface area contributed by atoms with E-state index in [9.17, 15) is 15.0 Å². The Hall–Kier alpha value is -1.18. The smallest absolute Gasteiger partial charge is 0.356 e. The molecule has 16 heavy (non-hydrogen) atoms. The van der Waals surface area contributed by atoms with E-state index in [1.54, 1.807) is 0 Å². The molecule has 7 heteroatoms. The van der Waals surface area contributed by atoms with E-state index < -0.39 is 18.2 Å². The third kappa shape index (κ3) is 2.69. The summed E-state index contributed by atoms with van der Waals surface area (Å²) in [4.78, 5) is 14.2. The van der Waals surface area contributed by atoms with Crippen LogP contribution in [0.2, 0.25) is 0 Å². The van der Waals surface area contributed by atoms with Crippen molar-refractivity contribution in [3.8, 4) is 0 Å². The number of aliphatic hydroxyl groups is 2. The molecule has 2 atom stereocenters. The third-order valence-electron chi connectivity index (χ3n) is 2.00. The number of carboxylic acid groups (broad SMARTS) is 1. The molecule has 1 heterocycles. The van der Waals surface area contributed by atoms with Crippen LogP contribution in [0.1, 0.15) is 22.2 Å². The molecule has 0 fully saturated rings. The summed E-state index contributed by atoms with van der Waals surface area (Å²) in [5.74, 6) is -1.24. The Balaban J connectivity index is 3.01. The number of nitrogen functional groups attached to an aromatic ring is 1. The van der Waals surface area contributed by atoms with Gasteiger partial charge in [-0.05, 0) is 6.07 Å². The number of nitrogens with two attached hydrogens (primary N) is 1. The summed E-state index contributed by atoms with van der Waals surface area (Å²) in [5, 5.41) is 27.9. The number of pyridine rings is 1. The van der Waals surface area contributed by atoms with E-state index in [1.807, 2.05) is 0 Å². The quantitative estimate of drug-likeness (QED) is 0.587. The molecule has 0 spiro atoms. The fourth-order valence-electron chi connectivity index (χ4n) is 1.15. The van der Waals surface area contributed by atoms with Gasteiger partial charge >= 0.3 is 5.97 Å². The van der Waals surface area contributed by atoms with Crippen molar-refractivity contribution in [2.24, 2.45) is 0 Å². The van der Waals surface area contributed by atoms with Crippen molar-refractivity contribution < 1.29 is 20.1 Å². The van der Waals surface area contributed by atoms with Gasteiger partial charge in [0.2, 0.25) is 0 Å². The van der Waals surface area contributed by atoms with Crippen LogP contribution in [0.3, 0.4) is 0 Å². The van der Waals surface area contributed by atoms with Crippen LogP contribution in [-0.4, -0.2) is 37.7 Å². The number of hydrogen-bond acceptors (Lipinski definition) is 5. The first-order chi connectivity index (χ1) is 7.47. The van der Waals surface area contributed by atoms with Gasteiger partial charge in [0.25, 0.3) is 0 Å². The zero-order valence-electron chi connectivity index (χ0n) is 8.17. The number of halogens is 1. The van der Waals surface area contributed by atoms with Gasteiger partial charge in [0, 0.05) is 17.1 Å². The Morgan fingerprint density at radius 3 is 2.62 bits per heavy atom. The van der Waals surface area contributed by atoms with E-state index in [0.717, 1.165) is 0 Å². The fourth-order valence-corrected chi connectivity index (χ4v) is 1.50. The zero-order valence-corrected chi connectivity index (χ0v) is 9.75. The largest absolute Gasteiger partial charge is 0.476 e. The lowest BCUT2D eigenvalue weighted by molar-refractivity contribution is 0.0340. The van der Waals surface area contributed by atoms with Gasteiger partial charge in [-0.3, -0.25) is 0 Å². The number of carboxylic acids is 1. The maximum atomic E-state index is 10.6. The van der Waals surface area contributed by atoms with Crippen LogP contribution < -0.4 is 5.73 Å². The molecule has 5 N–H and O–H groups in total. The summed E-state index contributed by atoms with van der Waals surface area (Å²) >= 11 is 3.01. The molecule has 1 rings (SSSR count). The molecule has 0 aliphatic rings. The second-order valence-corrected chi connectivity index (χ2v) is 3.83. The number of alkyl halides is 1. The van der Waals surface area contributed by atoms with E-state index >= 15 is 0 Å². The Labute approximate surface area is 99.9 Å². The molecular formula is C9H11BrN2O4. The second-order valence-electron chi connectivity index (χ2n) is 3.18. The maximum absolute atomic E-state index is 10.6. The van der Waals surface area contributed by atoms with Crippen molar-refractivity contribution in [2.75, 3.05) is 11.1 Å². The lowest BCUT2D eigenvalue weighted by Crippen LogP contribution is -2.20. The first-order valence-electron chi connectivity index (χ1n) is 4.38. The molecule has 1 aromatic heterocycles. The zero-order chi connectivity index (χ0) is 12.3. The summed E-state index contributed by atoms with van der Waals surface area (Å²) in [6.45, 7) is 0. The van der Waals surface area contributed by atoms with Crippen LogP contribution >= 0.6 is 15.9 Å². The number of carbonyl (C=O) groups is 1. The monoisotopic (exact) mass is 290 g/mol. The van der Waals surface area contributed by atoms with Crippen LogP contribution in [0.4, 0.5) is 5.69 Å². The minimum absolute atomic E-state index is 0.0502. The van der Waals surface area contributed by atoms with Gasteiger partial charge in [0.05, 0.1) is 11.8 Å². The molecule has 0 aliphatic heterocycles. The van der Waals surface area contributed by atoms with Gasteiger partial charge in [-0.2, -0.15) is 0 Å². The number of hydrogen-bond donors (Lipinski definition) is 4. The van der Waals surface area contributed by atoms with Crippen LogP contribution in [0.15, 0.2) is 12.3 Å². The summed E-state index contributed by atoms with van der Waals surface area (Å²) in [7, 11) is 0. The summed E-state index contributed by atoms with van der Waals surface area (Å²) in [6.07, 6.45) is -0.981. The highest BCUT2D eigenvalue weighted by Crippen LogP contribution is 2.21. The first kappa shape index (κ1) is 12.9. The molecule has 0 saturated carbocycles. The Morgan fingerprint density at radius 1 is 1.56 bits per heavy atom. The molecule has 0 amide bonds. The van der Waals surface area contributed by atoms with Crippen molar-refractivity contribution in [3.63, 3.8) is 0 Å². The predicted molar refractivity (Wildman–Crippen MR) is 60.4 cm³/mol. The minimum atomic E-state index is -1.24. The summed E-state index contributed by atoms with van der Waals surface area (Å²) < 4.78 is 0. The summed E-state index contributed by atoms with van der Waals surface area (Å²) in [5.41, 5.74) is 5.40. The minimum Gasteiger partial charge on any atom is -0.476 e. The molecule has 6 nitrogen and oxygen atoms in total. The fraction of sp³-hybridized carbons (Fsp3) is 0.333. The topological polar surface area (TPSA) is 117 Å². The van der Waals surface area contributed by atoms with Crippen molar-refractivity contribution in [1.29, 1.82) is 0 Å². The van der Waals surface area contributed by atoms with Crippen molar-refractivity contribution >= 4 is 27.6 Å². The SMILES string of the molecule is Nc1cc(C(O)C(O)CBr)cnc1C(=O)O. The van der Waals surface area contributed by atoms with Crippen molar-refractivity contribution in [3.05, 3.63) is 23.5 Å². The number of anilines is 1. The van der Waals surface area contributed by atoms with E-state index in [2.05, 4.69) is 20.9 Å². The summed E-state index contributed by atoms with van der Waals surface area (Å²) in [6, 6.07) is 1.28. The first-order valence-corrected chi connectivity index (χ1v) is 5.50. The second kappa shape index (κ2) is 5.24. The molecule has 0 radical (unpaired) electrons. The van der Waals surface area contributed by atoms with Gasteiger partial charge in [-0.1, -0.05) is 15.9 Å². The standard InChI is InChI=1S/C9H11BrN2O4/c10-2-6(13)8(14)4-1-5(11)7(9(15)16)12-3-4/h1,3,6,8,13-14H,2,11H2,(H,15,16). The van der Waals surface area contributed by atoms with Gasteiger partial charge in [0.1, 0.15) is 6.10 Å². The van der Waals surface area contributed by atoms with E-state index in [4.69, 9.17) is 10.8 Å². The molecule has 0 bridgehead atoms. The normalized spacial score (nSPS) is 14.4. The highest BCUT2D eigenvalue weighted by Gasteiger charge is 2.19. The van der Waals surface area contributed by atoms with E-state index in [0.29, 0.717) is 0 Å². The molecule has 0 saturated heterocycles.